The number of likely N-dealkylation sites (tertiary alicyclic amines) is 1. The Bertz CT molecular complexity index is 702. The third-order valence-electron chi connectivity index (χ3n) is 6.07. The number of carbonyl (C=O) groups is 1. The number of amides is 1. The van der Waals surface area contributed by atoms with E-state index >= 15 is 0 Å². The summed E-state index contributed by atoms with van der Waals surface area (Å²) in [6.07, 6.45) is 8.17. The van der Waals surface area contributed by atoms with E-state index in [4.69, 9.17) is 4.74 Å². The van der Waals surface area contributed by atoms with Crippen LogP contribution in [-0.4, -0.2) is 62.5 Å². The zero-order valence-electron chi connectivity index (χ0n) is 17.9. The second-order valence-electron chi connectivity index (χ2n) is 8.36. The number of aliphatic imine (C=N–C) groups is 1. The topological polar surface area (TPSA) is 57.2 Å². The fourth-order valence-corrected chi connectivity index (χ4v) is 4.36. The second-order valence-corrected chi connectivity index (χ2v) is 8.36. The van der Waals surface area contributed by atoms with Crippen LogP contribution in [0.2, 0.25) is 0 Å². The highest BCUT2D eigenvalue weighted by molar-refractivity contribution is 14.0. The molecule has 162 valence electrons. The molecule has 1 aromatic carbocycles. The molecule has 1 aliphatic heterocycles. The minimum atomic E-state index is -0.0467. The average Bonchev–Trinajstić information content (AvgIpc) is 3.10. The van der Waals surface area contributed by atoms with Crippen molar-refractivity contribution in [2.75, 3.05) is 40.8 Å². The van der Waals surface area contributed by atoms with Gasteiger partial charge in [0.05, 0.1) is 0 Å². The Morgan fingerprint density at radius 2 is 2.00 bits per heavy atom. The Morgan fingerprint density at radius 3 is 2.69 bits per heavy atom. The van der Waals surface area contributed by atoms with Gasteiger partial charge in [-0.2, -0.15) is 0 Å². The van der Waals surface area contributed by atoms with Crippen LogP contribution < -0.4 is 10.1 Å². The van der Waals surface area contributed by atoms with Crippen molar-refractivity contribution in [2.45, 2.75) is 45.1 Å². The smallest absolute Gasteiger partial charge is 0.259 e. The maximum atomic E-state index is 11.7. The maximum Gasteiger partial charge on any atom is 0.259 e. The molecule has 1 aliphatic carbocycles. The highest BCUT2D eigenvalue weighted by atomic mass is 127. The van der Waals surface area contributed by atoms with Gasteiger partial charge in [-0.05, 0) is 42.4 Å². The Balaban J connectivity index is 0.00000300. The minimum Gasteiger partial charge on any atom is -0.484 e. The summed E-state index contributed by atoms with van der Waals surface area (Å²) >= 11 is 0. The van der Waals surface area contributed by atoms with Crippen molar-refractivity contribution in [1.82, 2.24) is 15.1 Å². The van der Waals surface area contributed by atoms with Crippen LogP contribution in [0.5, 0.6) is 5.75 Å². The van der Waals surface area contributed by atoms with E-state index < -0.39 is 0 Å². The van der Waals surface area contributed by atoms with Crippen LogP contribution in [0.1, 0.15) is 44.1 Å². The van der Waals surface area contributed by atoms with Crippen LogP contribution in [-0.2, 0) is 11.3 Å². The van der Waals surface area contributed by atoms with E-state index in [1.54, 1.807) is 14.1 Å². The van der Waals surface area contributed by atoms with Crippen LogP contribution in [0.3, 0.4) is 0 Å². The summed E-state index contributed by atoms with van der Waals surface area (Å²) in [5.41, 5.74) is 1.63. The van der Waals surface area contributed by atoms with Gasteiger partial charge < -0.3 is 19.9 Å². The number of rotatable bonds is 5. The summed E-state index contributed by atoms with van der Waals surface area (Å²) in [5, 5.41) is 3.51. The number of guanidine groups is 1. The first-order valence-corrected chi connectivity index (χ1v) is 10.4. The standard InChI is InChI=1S/C22H34N4O2.HI/c1-23-21(26-13-12-22(17-26)10-5-4-6-11-22)24-15-18-8-7-9-19(14-18)28-16-20(27)25(2)3;/h7-9,14H,4-6,10-13,15-17H2,1-3H3,(H,23,24);1H. The molecule has 1 spiro atoms. The minimum absolute atomic E-state index is 0. The molecule has 3 rings (SSSR count). The molecule has 1 aromatic rings. The normalized spacial score (nSPS) is 18.3. The molecule has 29 heavy (non-hydrogen) atoms. The summed E-state index contributed by atoms with van der Waals surface area (Å²) < 4.78 is 5.62. The predicted molar refractivity (Wildman–Crippen MR) is 128 cm³/mol. The average molecular weight is 514 g/mol. The molecule has 6 nitrogen and oxygen atoms in total. The van der Waals surface area contributed by atoms with E-state index in [9.17, 15) is 4.79 Å². The summed E-state index contributed by atoms with van der Waals surface area (Å²) in [6.45, 7) is 2.97. The lowest BCUT2D eigenvalue weighted by atomic mass is 9.73. The summed E-state index contributed by atoms with van der Waals surface area (Å²) in [4.78, 5) is 20.2. The Labute approximate surface area is 192 Å². The molecule has 0 aromatic heterocycles. The number of benzene rings is 1. The van der Waals surface area contributed by atoms with Crippen molar-refractivity contribution in [3.8, 4) is 5.75 Å². The molecule has 0 radical (unpaired) electrons. The molecule has 1 heterocycles. The van der Waals surface area contributed by atoms with Crippen LogP contribution in [0.25, 0.3) is 0 Å². The summed E-state index contributed by atoms with van der Waals surface area (Å²) in [6, 6.07) is 7.89. The molecule has 2 aliphatic rings. The molecule has 0 bridgehead atoms. The first kappa shape index (κ1) is 23.8. The fraction of sp³-hybridized carbons (Fsp3) is 0.636. The quantitative estimate of drug-likeness (QED) is 0.372. The zero-order valence-corrected chi connectivity index (χ0v) is 20.3. The Morgan fingerprint density at radius 1 is 1.24 bits per heavy atom. The first-order chi connectivity index (χ1) is 13.5. The number of hydrogen-bond donors (Lipinski definition) is 1. The predicted octanol–water partition coefficient (Wildman–Crippen LogP) is 3.50. The first-order valence-electron chi connectivity index (χ1n) is 10.4. The monoisotopic (exact) mass is 514 g/mol. The van der Waals surface area contributed by atoms with Crippen molar-refractivity contribution in [3.05, 3.63) is 29.8 Å². The Hall–Kier alpha value is -1.51. The van der Waals surface area contributed by atoms with Crippen LogP contribution >= 0.6 is 24.0 Å². The number of carbonyl (C=O) groups excluding carboxylic acids is 1. The van der Waals surface area contributed by atoms with E-state index in [1.807, 2.05) is 25.2 Å². The lowest BCUT2D eigenvalue weighted by Gasteiger charge is -2.33. The fourth-order valence-electron chi connectivity index (χ4n) is 4.36. The third-order valence-corrected chi connectivity index (χ3v) is 6.07. The number of likely N-dealkylation sites (N-methyl/N-ethyl adjacent to an activating group) is 1. The zero-order chi connectivity index (χ0) is 20.0. The summed E-state index contributed by atoms with van der Waals surface area (Å²) in [7, 11) is 5.32. The molecule has 1 amide bonds. The van der Waals surface area contributed by atoms with E-state index in [2.05, 4.69) is 21.3 Å². The number of halogens is 1. The molecule has 2 fully saturated rings. The van der Waals surface area contributed by atoms with Gasteiger partial charge in [-0.25, -0.2) is 0 Å². The van der Waals surface area contributed by atoms with Gasteiger partial charge in [0.15, 0.2) is 12.6 Å². The van der Waals surface area contributed by atoms with Crippen molar-refractivity contribution in [1.29, 1.82) is 0 Å². The number of hydrogen-bond acceptors (Lipinski definition) is 3. The van der Waals surface area contributed by atoms with Gasteiger partial charge in [0.25, 0.3) is 5.91 Å². The lowest BCUT2D eigenvalue weighted by molar-refractivity contribution is -0.130. The van der Waals surface area contributed by atoms with Gasteiger partial charge in [0.2, 0.25) is 0 Å². The van der Waals surface area contributed by atoms with Gasteiger partial charge in [-0.1, -0.05) is 31.4 Å². The van der Waals surface area contributed by atoms with Crippen molar-refractivity contribution < 1.29 is 9.53 Å². The van der Waals surface area contributed by atoms with Gasteiger partial charge in [0.1, 0.15) is 5.75 Å². The van der Waals surface area contributed by atoms with Crippen LogP contribution in [0.15, 0.2) is 29.3 Å². The van der Waals surface area contributed by atoms with E-state index in [0.717, 1.165) is 24.6 Å². The highest BCUT2D eigenvalue weighted by Crippen LogP contribution is 2.43. The SMILES string of the molecule is CN=C(NCc1cccc(OCC(=O)N(C)C)c1)N1CCC2(CCCCC2)C1.I. The molecular weight excluding hydrogens is 479 g/mol. The highest BCUT2D eigenvalue weighted by Gasteiger charge is 2.39. The van der Waals surface area contributed by atoms with Crippen LogP contribution in [0, 0.1) is 5.41 Å². The van der Waals surface area contributed by atoms with Crippen LogP contribution in [0.4, 0.5) is 0 Å². The molecule has 1 saturated carbocycles. The van der Waals surface area contributed by atoms with Gasteiger partial charge in [0, 0.05) is 40.8 Å². The second kappa shape index (κ2) is 11.0. The molecular formula is C22H35IN4O2. The van der Waals surface area contributed by atoms with E-state index in [1.165, 1.54) is 43.4 Å². The van der Waals surface area contributed by atoms with Crippen molar-refractivity contribution in [3.63, 3.8) is 0 Å². The molecule has 7 heteroatoms. The Kier molecular flexibility index (Phi) is 9.04. The number of nitrogens with one attached hydrogen (secondary N) is 1. The lowest BCUT2D eigenvalue weighted by Crippen LogP contribution is -2.41. The summed E-state index contributed by atoms with van der Waals surface area (Å²) in [5.74, 6) is 1.65. The van der Waals surface area contributed by atoms with Crippen molar-refractivity contribution in [2.24, 2.45) is 10.4 Å². The largest absolute Gasteiger partial charge is 0.484 e. The van der Waals surface area contributed by atoms with E-state index in [-0.39, 0.29) is 36.5 Å². The number of nitrogens with zero attached hydrogens (tertiary/aromatic N) is 3. The van der Waals surface area contributed by atoms with Gasteiger partial charge in [-0.3, -0.25) is 9.79 Å². The molecule has 0 atom stereocenters. The van der Waals surface area contributed by atoms with E-state index in [0.29, 0.717) is 17.7 Å². The number of ether oxygens (including phenoxy) is 1. The molecule has 1 N–H and O–H groups in total. The van der Waals surface area contributed by atoms with Gasteiger partial charge in [-0.15, -0.1) is 24.0 Å². The third kappa shape index (κ3) is 6.49. The molecule has 0 unspecified atom stereocenters. The molecule has 1 saturated heterocycles. The maximum absolute atomic E-state index is 11.7. The van der Waals surface area contributed by atoms with Gasteiger partial charge >= 0.3 is 0 Å². The van der Waals surface area contributed by atoms with Crippen molar-refractivity contribution >= 4 is 35.8 Å².